The van der Waals surface area contributed by atoms with Crippen LogP contribution in [0.5, 0.6) is 11.5 Å². The Bertz CT molecular complexity index is 2100. The first-order valence-electron chi connectivity index (χ1n) is 26.6. The Morgan fingerprint density at radius 3 is 2.27 bits per heavy atom. The molecule has 12 nitrogen and oxygen atoms in total. The van der Waals surface area contributed by atoms with E-state index in [2.05, 4.69) is 19.6 Å². The zero-order valence-corrected chi connectivity index (χ0v) is 42.2. The summed E-state index contributed by atoms with van der Waals surface area (Å²) in [5.74, 6) is -1.59. The number of oxime groups is 1. The van der Waals surface area contributed by atoms with Crippen molar-refractivity contribution in [3.63, 3.8) is 0 Å². The van der Waals surface area contributed by atoms with Crippen LogP contribution in [0.3, 0.4) is 0 Å². The number of nitrogens with zero attached hydrogens (tertiary/aromatic N) is 2. The molecule has 0 unspecified atom stereocenters. The highest BCUT2D eigenvalue weighted by Gasteiger charge is 2.65. The lowest BCUT2D eigenvalue weighted by molar-refractivity contribution is -0.256. The summed E-state index contributed by atoms with van der Waals surface area (Å²) in [6.45, 7) is 7.17. The monoisotopic (exact) mass is 985 g/mol. The molecule has 6 atom stereocenters. The maximum Gasteiger partial charge on any atom is 0.410 e. The van der Waals surface area contributed by atoms with Gasteiger partial charge < -0.3 is 43.8 Å². The standard InChI is InChI=1S/C58H81FN2O10/c1-3-5-6-7-8-9-10-11-12-22-36-67-57(65)61(31-37-66-38-34-64)54-41-52(60-70-42-44-23-14-13-15-24-44)49-39-45(25-18-20-32-62)48(27-19-21-33-63)55-50-40-47(68-43-46-26-16-17-28-51(46)59)29-30-53(50)71-58(54,56(49)55)69-35-4-2/h4,13-17,23-24,26,28-30,39-40,45,48,54-56,62-64H,2-3,5-12,18-22,25,27,31-38,41-43H2,1H3/t45-,48+,54-,55+,56+,58+/m0/s1. The zero-order valence-electron chi connectivity index (χ0n) is 42.2. The third-order valence-corrected chi connectivity index (χ3v) is 14.3. The molecular weight excluding hydrogens is 904 g/mol. The van der Waals surface area contributed by atoms with Gasteiger partial charge in [-0.15, -0.1) is 6.58 Å². The van der Waals surface area contributed by atoms with Crippen LogP contribution in [0.25, 0.3) is 0 Å². The fraction of sp³-hybridized carbons (Fsp3) is 0.586. The molecule has 13 heteroatoms. The average Bonchev–Trinajstić information content (AvgIpc) is 3.38. The number of carbonyl (C=O) groups excluding carboxylic acids is 1. The minimum absolute atomic E-state index is 0.0139. The molecular formula is C58H81FN2O10. The van der Waals surface area contributed by atoms with E-state index in [9.17, 15) is 24.5 Å². The molecule has 6 rings (SSSR count). The minimum Gasteiger partial charge on any atom is -0.489 e. The van der Waals surface area contributed by atoms with Gasteiger partial charge in [0.2, 0.25) is 5.79 Å². The van der Waals surface area contributed by atoms with Gasteiger partial charge in [-0.1, -0.05) is 143 Å². The largest absolute Gasteiger partial charge is 0.489 e. The number of fused-ring (bicyclic) bond motifs is 2. The molecule has 0 aromatic heterocycles. The molecule has 0 radical (unpaired) electrons. The van der Waals surface area contributed by atoms with E-state index in [0.717, 1.165) is 68.1 Å². The predicted octanol–water partition coefficient (Wildman–Crippen LogP) is 11.6. The van der Waals surface area contributed by atoms with Crippen molar-refractivity contribution in [1.29, 1.82) is 0 Å². The van der Waals surface area contributed by atoms with E-state index < -0.39 is 23.8 Å². The third kappa shape index (κ3) is 15.6. The lowest BCUT2D eigenvalue weighted by atomic mass is 9.55. The quantitative estimate of drug-likeness (QED) is 0.0300. The van der Waals surface area contributed by atoms with Gasteiger partial charge in [0.1, 0.15) is 36.6 Å². The van der Waals surface area contributed by atoms with Crippen molar-refractivity contribution < 1.29 is 53.0 Å². The van der Waals surface area contributed by atoms with Gasteiger partial charge in [-0.25, -0.2) is 9.18 Å². The first-order chi connectivity index (χ1) is 34.9. The Morgan fingerprint density at radius 2 is 1.55 bits per heavy atom. The number of benzene rings is 3. The topological polar surface area (TPSA) is 149 Å². The number of halogens is 1. The van der Waals surface area contributed by atoms with E-state index in [0.29, 0.717) is 35.6 Å². The van der Waals surface area contributed by atoms with E-state index in [1.165, 1.54) is 44.6 Å². The fourth-order valence-electron chi connectivity index (χ4n) is 10.8. The number of amides is 1. The van der Waals surface area contributed by atoms with Crippen molar-refractivity contribution >= 4 is 11.8 Å². The van der Waals surface area contributed by atoms with Gasteiger partial charge in [-0.3, -0.25) is 4.90 Å². The molecule has 71 heavy (non-hydrogen) atoms. The second-order valence-corrected chi connectivity index (χ2v) is 19.2. The molecule has 3 aromatic rings. The van der Waals surface area contributed by atoms with Crippen LogP contribution < -0.4 is 9.47 Å². The SMILES string of the molecule is C=CCO[C@@]12Oc3ccc(OCc4ccccc4F)cc3[C@H]3[C@H](CCCCO)[C@@H](CCCCO)C=C(C(=NOCc4ccccc4)C[C@@H]1N(CCOCCO)C(=O)OCCCCCCCCCCCC)[C@H]32. The van der Waals surface area contributed by atoms with Crippen molar-refractivity contribution in [1.82, 2.24) is 4.90 Å². The summed E-state index contributed by atoms with van der Waals surface area (Å²) in [7, 11) is 0. The smallest absolute Gasteiger partial charge is 0.410 e. The van der Waals surface area contributed by atoms with Crippen LogP contribution in [0.1, 0.15) is 139 Å². The molecule has 1 amide bonds. The summed E-state index contributed by atoms with van der Waals surface area (Å²) < 4.78 is 47.8. The number of rotatable bonds is 34. The van der Waals surface area contributed by atoms with Crippen LogP contribution in [0, 0.1) is 23.6 Å². The molecule has 2 aliphatic carbocycles. The lowest BCUT2D eigenvalue weighted by Crippen LogP contribution is -2.70. The predicted molar refractivity (Wildman–Crippen MR) is 275 cm³/mol. The number of unbranched alkanes of at least 4 members (excludes halogenated alkanes) is 11. The number of hydrogen-bond donors (Lipinski definition) is 3. The number of hydrogen-bond acceptors (Lipinski definition) is 11. The van der Waals surface area contributed by atoms with Crippen LogP contribution in [0.4, 0.5) is 9.18 Å². The Morgan fingerprint density at radius 1 is 0.831 bits per heavy atom. The van der Waals surface area contributed by atoms with Crippen molar-refractivity contribution in [2.24, 2.45) is 22.9 Å². The van der Waals surface area contributed by atoms with Gasteiger partial charge in [-0.05, 0) is 79.3 Å². The van der Waals surface area contributed by atoms with E-state index in [-0.39, 0.29) is 96.0 Å². The second kappa shape index (κ2) is 30.3. The van der Waals surface area contributed by atoms with Gasteiger partial charge in [0.05, 0.1) is 44.7 Å². The summed E-state index contributed by atoms with van der Waals surface area (Å²) in [5, 5.41) is 34.7. The number of ether oxygens (including phenoxy) is 5. The van der Waals surface area contributed by atoms with Gasteiger partial charge in [-0.2, -0.15) is 0 Å². The molecule has 0 saturated heterocycles. The third-order valence-electron chi connectivity index (χ3n) is 14.3. The van der Waals surface area contributed by atoms with Crippen LogP contribution in [-0.2, 0) is 32.3 Å². The van der Waals surface area contributed by atoms with Crippen LogP contribution >= 0.6 is 0 Å². The number of allylic oxidation sites excluding steroid dienone is 1. The van der Waals surface area contributed by atoms with Gasteiger partial charge in [0.25, 0.3) is 0 Å². The van der Waals surface area contributed by atoms with Crippen LogP contribution in [0.15, 0.2) is 102 Å². The van der Waals surface area contributed by atoms with E-state index in [4.69, 9.17) is 33.7 Å². The van der Waals surface area contributed by atoms with Gasteiger partial charge in [0, 0.05) is 43.2 Å². The van der Waals surface area contributed by atoms with Crippen molar-refractivity contribution in [2.45, 2.75) is 147 Å². The minimum atomic E-state index is -1.51. The maximum absolute atomic E-state index is 14.9. The normalized spacial score (nSPS) is 21.7. The molecule has 1 saturated carbocycles. The molecule has 1 aliphatic heterocycles. The van der Waals surface area contributed by atoms with Gasteiger partial charge >= 0.3 is 6.09 Å². The molecule has 3 aromatic carbocycles. The summed E-state index contributed by atoms with van der Waals surface area (Å²) in [4.78, 5) is 22.8. The number of carbonyl (C=O) groups is 1. The average molecular weight is 985 g/mol. The highest BCUT2D eigenvalue weighted by Crippen LogP contribution is 2.62. The first-order valence-corrected chi connectivity index (χ1v) is 26.6. The maximum atomic E-state index is 14.9. The molecule has 3 N–H and O–H groups in total. The molecule has 0 spiro atoms. The molecule has 1 heterocycles. The molecule has 3 aliphatic rings. The number of aliphatic hydroxyl groups is 3. The second-order valence-electron chi connectivity index (χ2n) is 19.2. The Kier molecular flexibility index (Phi) is 23.7. The highest BCUT2D eigenvalue weighted by atomic mass is 19.1. The zero-order chi connectivity index (χ0) is 50.1. The molecule has 0 bridgehead atoms. The number of aliphatic hydroxyl groups excluding tert-OH is 3. The van der Waals surface area contributed by atoms with E-state index in [1.807, 2.05) is 48.5 Å². The summed E-state index contributed by atoms with van der Waals surface area (Å²) in [6, 6.07) is 21.3. The van der Waals surface area contributed by atoms with E-state index in [1.54, 1.807) is 29.2 Å². The summed E-state index contributed by atoms with van der Waals surface area (Å²) in [5.41, 5.74) is 3.82. The van der Waals surface area contributed by atoms with Crippen molar-refractivity contribution in [2.75, 3.05) is 52.8 Å². The van der Waals surface area contributed by atoms with Gasteiger partial charge in [0.15, 0.2) is 0 Å². The summed E-state index contributed by atoms with van der Waals surface area (Å²) in [6.07, 6.45) is 19.5. The lowest BCUT2D eigenvalue weighted by Gasteiger charge is -2.59. The highest BCUT2D eigenvalue weighted by molar-refractivity contribution is 6.03. The van der Waals surface area contributed by atoms with Crippen molar-refractivity contribution in [3.05, 3.63) is 120 Å². The Hall–Kier alpha value is -4.79. The fourth-order valence-corrected chi connectivity index (χ4v) is 10.8. The van der Waals surface area contributed by atoms with Crippen LogP contribution in [0.2, 0.25) is 0 Å². The Labute approximate surface area is 422 Å². The van der Waals surface area contributed by atoms with E-state index >= 15 is 0 Å². The van der Waals surface area contributed by atoms with Crippen LogP contribution in [-0.4, -0.2) is 96.6 Å². The van der Waals surface area contributed by atoms with Crippen molar-refractivity contribution in [3.8, 4) is 11.5 Å². The first kappa shape index (κ1) is 55.5. The molecule has 1 fully saturated rings. The Balaban J connectivity index is 1.44. The molecule has 390 valence electrons. The summed E-state index contributed by atoms with van der Waals surface area (Å²) >= 11 is 0.